The highest BCUT2D eigenvalue weighted by molar-refractivity contribution is 6.30. The van der Waals surface area contributed by atoms with Gasteiger partial charge in [0, 0.05) is 23.2 Å². The number of carbonyl (C=O) groups is 1. The number of piperidine rings is 1. The molecule has 1 aromatic heterocycles. The fourth-order valence-electron chi connectivity index (χ4n) is 2.90. The number of hydrogen-bond acceptors (Lipinski definition) is 4. The maximum Gasteiger partial charge on any atom is 0.318 e. The van der Waals surface area contributed by atoms with Crippen LogP contribution in [0.1, 0.15) is 25.0 Å². The second kappa shape index (κ2) is 7.68. The van der Waals surface area contributed by atoms with Crippen molar-refractivity contribution >= 4 is 17.6 Å². The topological polar surface area (TPSA) is 78.6 Å². The number of aliphatic hydroxyl groups is 1. The van der Waals surface area contributed by atoms with Crippen molar-refractivity contribution in [1.29, 1.82) is 0 Å². The summed E-state index contributed by atoms with van der Waals surface area (Å²) < 4.78 is 5.27. The minimum atomic E-state index is -0.186. The quantitative estimate of drug-likeness (QED) is 0.889. The zero-order chi connectivity index (χ0) is 16.9. The predicted octanol–water partition coefficient (Wildman–Crippen LogP) is 3.05. The molecule has 6 nitrogen and oxygen atoms in total. The van der Waals surface area contributed by atoms with Gasteiger partial charge in [0.2, 0.25) is 0 Å². The van der Waals surface area contributed by atoms with Gasteiger partial charge in [-0.25, -0.2) is 4.79 Å². The van der Waals surface area contributed by atoms with Crippen LogP contribution in [0.3, 0.4) is 0 Å². The van der Waals surface area contributed by atoms with E-state index in [1.807, 2.05) is 12.1 Å². The lowest BCUT2D eigenvalue weighted by Crippen LogP contribution is -2.49. The van der Waals surface area contributed by atoms with E-state index >= 15 is 0 Å². The summed E-state index contributed by atoms with van der Waals surface area (Å²) in [7, 11) is 0. The number of aromatic nitrogens is 1. The first-order chi connectivity index (χ1) is 11.7. The Morgan fingerprint density at radius 2 is 2.29 bits per heavy atom. The molecule has 0 unspecified atom stereocenters. The number of urea groups is 1. The Balaban J connectivity index is 1.60. The smallest absolute Gasteiger partial charge is 0.318 e. The van der Waals surface area contributed by atoms with Gasteiger partial charge in [-0.1, -0.05) is 28.9 Å². The van der Waals surface area contributed by atoms with Crippen LogP contribution in [0.25, 0.3) is 11.3 Å². The van der Waals surface area contributed by atoms with Crippen molar-refractivity contribution in [3.63, 3.8) is 0 Å². The van der Waals surface area contributed by atoms with Gasteiger partial charge >= 0.3 is 6.03 Å². The van der Waals surface area contributed by atoms with Gasteiger partial charge in [0.1, 0.15) is 5.69 Å². The molecule has 0 radical (unpaired) electrons. The van der Waals surface area contributed by atoms with Gasteiger partial charge in [0.25, 0.3) is 0 Å². The first-order valence-electron chi connectivity index (χ1n) is 8.04. The Labute approximate surface area is 145 Å². The molecule has 1 saturated heterocycles. The molecule has 0 saturated carbocycles. The lowest BCUT2D eigenvalue weighted by atomic mass is 10.0. The van der Waals surface area contributed by atoms with Crippen molar-refractivity contribution in [1.82, 2.24) is 15.4 Å². The van der Waals surface area contributed by atoms with Gasteiger partial charge in [0.05, 0.1) is 19.2 Å². The molecule has 24 heavy (non-hydrogen) atoms. The average Bonchev–Trinajstić information content (AvgIpc) is 3.08. The monoisotopic (exact) mass is 349 g/mol. The summed E-state index contributed by atoms with van der Waals surface area (Å²) in [5, 5.41) is 16.9. The summed E-state index contributed by atoms with van der Waals surface area (Å²) in [6.07, 6.45) is 2.84. The van der Waals surface area contributed by atoms with Crippen molar-refractivity contribution < 1.29 is 14.4 Å². The second-order valence-corrected chi connectivity index (χ2v) is 6.31. The van der Waals surface area contributed by atoms with Gasteiger partial charge in [0.15, 0.2) is 5.76 Å². The lowest BCUT2D eigenvalue weighted by Gasteiger charge is -2.34. The molecule has 1 aliphatic heterocycles. The van der Waals surface area contributed by atoms with Crippen LogP contribution >= 0.6 is 11.6 Å². The number of amides is 2. The first kappa shape index (κ1) is 16.8. The van der Waals surface area contributed by atoms with E-state index in [0.29, 0.717) is 23.0 Å². The van der Waals surface area contributed by atoms with E-state index < -0.39 is 0 Å². The molecule has 2 N–H and O–H groups in total. The molecule has 1 atom stereocenters. The van der Waals surface area contributed by atoms with Crippen molar-refractivity contribution in [2.45, 2.75) is 31.8 Å². The van der Waals surface area contributed by atoms with Crippen LogP contribution in [0, 0.1) is 0 Å². The van der Waals surface area contributed by atoms with Crippen LogP contribution in [-0.4, -0.2) is 40.4 Å². The van der Waals surface area contributed by atoms with Crippen molar-refractivity contribution in [3.05, 3.63) is 41.1 Å². The molecule has 3 rings (SSSR count). The number of nitrogens with zero attached hydrogens (tertiary/aromatic N) is 2. The number of likely N-dealkylation sites (tertiary alicyclic amines) is 1. The summed E-state index contributed by atoms with van der Waals surface area (Å²) >= 11 is 5.98. The number of nitrogens with one attached hydrogen (secondary N) is 1. The molecular formula is C17H20ClN3O3. The van der Waals surface area contributed by atoms with Crippen LogP contribution in [-0.2, 0) is 6.54 Å². The number of rotatable bonds is 4. The fraction of sp³-hybridized carbons (Fsp3) is 0.412. The highest BCUT2D eigenvalue weighted by Crippen LogP contribution is 2.22. The number of halogens is 1. The summed E-state index contributed by atoms with van der Waals surface area (Å²) in [5.41, 5.74) is 1.54. The zero-order valence-electron chi connectivity index (χ0n) is 13.2. The molecule has 2 amide bonds. The molecule has 1 aromatic carbocycles. The van der Waals surface area contributed by atoms with Gasteiger partial charge in [-0.15, -0.1) is 0 Å². The highest BCUT2D eigenvalue weighted by atomic mass is 35.5. The third kappa shape index (κ3) is 3.88. The van der Waals surface area contributed by atoms with E-state index in [4.69, 9.17) is 16.1 Å². The third-order valence-electron chi connectivity index (χ3n) is 4.19. The Morgan fingerprint density at radius 3 is 3.08 bits per heavy atom. The molecule has 128 valence electrons. The van der Waals surface area contributed by atoms with Crippen LogP contribution in [0.2, 0.25) is 5.02 Å². The normalized spacial score (nSPS) is 17.8. The molecule has 2 aromatic rings. The fourth-order valence-corrected chi connectivity index (χ4v) is 3.09. The van der Waals surface area contributed by atoms with Gasteiger partial charge < -0.3 is 19.8 Å². The van der Waals surface area contributed by atoms with Crippen molar-refractivity contribution in [3.8, 4) is 11.3 Å². The SMILES string of the molecule is O=C(NCc1cc(-c2cccc(Cl)c2)no1)N1CCCC[C@H]1CO. The molecule has 0 spiro atoms. The van der Waals surface area contributed by atoms with Crippen molar-refractivity contribution in [2.24, 2.45) is 0 Å². The molecule has 7 heteroatoms. The zero-order valence-corrected chi connectivity index (χ0v) is 14.0. The Morgan fingerprint density at radius 1 is 1.42 bits per heavy atom. The molecule has 1 aliphatic rings. The maximum atomic E-state index is 12.3. The second-order valence-electron chi connectivity index (χ2n) is 5.87. The van der Waals surface area contributed by atoms with Crippen molar-refractivity contribution in [2.75, 3.05) is 13.2 Å². The number of aliphatic hydroxyl groups excluding tert-OH is 1. The predicted molar refractivity (Wildman–Crippen MR) is 90.6 cm³/mol. The minimum Gasteiger partial charge on any atom is -0.394 e. The Bertz CT molecular complexity index is 704. The number of hydrogen-bond donors (Lipinski definition) is 2. The third-order valence-corrected chi connectivity index (χ3v) is 4.43. The number of benzene rings is 1. The molecular weight excluding hydrogens is 330 g/mol. The summed E-state index contributed by atoms with van der Waals surface area (Å²) in [6.45, 7) is 0.914. The van der Waals surface area contributed by atoms with Crippen LogP contribution in [0.4, 0.5) is 4.79 Å². The number of carbonyl (C=O) groups excluding carboxylic acids is 1. The Kier molecular flexibility index (Phi) is 5.37. The van der Waals surface area contributed by atoms with Crippen LogP contribution in [0.5, 0.6) is 0 Å². The maximum absolute atomic E-state index is 12.3. The first-order valence-corrected chi connectivity index (χ1v) is 8.42. The summed E-state index contributed by atoms with van der Waals surface area (Å²) in [4.78, 5) is 14.0. The van der Waals surface area contributed by atoms with E-state index in [-0.39, 0.29) is 25.2 Å². The van der Waals surface area contributed by atoms with E-state index in [1.54, 1.807) is 23.1 Å². The highest BCUT2D eigenvalue weighted by Gasteiger charge is 2.26. The van der Waals surface area contributed by atoms with E-state index in [2.05, 4.69) is 10.5 Å². The largest absolute Gasteiger partial charge is 0.394 e. The van der Waals surface area contributed by atoms with E-state index in [1.165, 1.54) is 0 Å². The minimum absolute atomic E-state index is 0.00532. The van der Waals surface area contributed by atoms with E-state index in [9.17, 15) is 9.90 Å². The molecule has 0 bridgehead atoms. The van der Waals surface area contributed by atoms with Crippen LogP contribution in [0.15, 0.2) is 34.9 Å². The Hall–Kier alpha value is -2.05. The molecule has 0 aliphatic carbocycles. The lowest BCUT2D eigenvalue weighted by molar-refractivity contribution is 0.107. The van der Waals surface area contributed by atoms with E-state index in [0.717, 1.165) is 24.8 Å². The summed E-state index contributed by atoms with van der Waals surface area (Å²) in [6, 6.07) is 8.84. The van der Waals surface area contributed by atoms with Gasteiger partial charge in [-0.3, -0.25) is 0 Å². The molecule has 2 heterocycles. The van der Waals surface area contributed by atoms with Gasteiger partial charge in [-0.2, -0.15) is 0 Å². The molecule has 1 fully saturated rings. The summed E-state index contributed by atoms with van der Waals surface area (Å²) in [5.74, 6) is 0.566. The van der Waals surface area contributed by atoms with Crippen LogP contribution < -0.4 is 5.32 Å². The average molecular weight is 350 g/mol. The standard InChI is InChI=1S/C17H20ClN3O3/c18-13-5-3-4-12(8-13)16-9-15(24-20-16)10-19-17(23)21-7-2-1-6-14(21)11-22/h3-5,8-9,14,22H,1-2,6-7,10-11H2,(H,19,23)/t14-/m0/s1. The van der Waals surface area contributed by atoms with Gasteiger partial charge in [-0.05, 0) is 31.4 Å².